The Bertz CT molecular complexity index is 283. The maximum Gasteiger partial charge on any atom is 0.326 e. The smallest absolute Gasteiger partial charge is 0.326 e. The molecule has 6 heteroatoms. The van der Waals surface area contributed by atoms with Crippen molar-refractivity contribution < 1.29 is 19.4 Å². The number of methoxy groups -OCH3 is 1. The summed E-state index contributed by atoms with van der Waals surface area (Å²) in [5, 5.41) is 11.6. The fourth-order valence-electron chi connectivity index (χ4n) is 1.47. The number of carboxylic acids is 1. The molecule has 106 valence electrons. The van der Waals surface area contributed by atoms with Gasteiger partial charge < -0.3 is 20.1 Å². The number of hydrogen-bond acceptors (Lipinski definition) is 3. The van der Waals surface area contributed by atoms with Crippen LogP contribution in [-0.4, -0.2) is 54.9 Å². The fourth-order valence-corrected chi connectivity index (χ4v) is 1.47. The van der Waals surface area contributed by atoms with Crippen LogP contribution in [0.5, 0.6) is 0 Å². The predicted molar refractivity (Wildman–Crippen MR) is 68.5 cm³/mol. The van der Waals surface area contributed by atoms with Gasteiger partial charge in [-0.1, -0.05) is 20.3 Å². The van der Waals surface area contributed by atoms with E-state index in [4.69, 9.17) is 9.84 Å². The molecule has 0 aromatic carbocycles. The first-order valence-electron chi connectivity index (χ1n) is 6.10. The minimum Gasteiger partial charge on any atom is -0.480 e. The van der Waals surface area contributed by atoms with E-state index in [-0.39, 0.29) is 12.0 Å². The first kappa shape index (κ1) is 16.7. The summed E-state index contributed by atoms with van der Waals surface area (Å²) in [5.74, 6) is -1.12. The number of carbonyl (C=O) groups is 2. The molecule has 0 radical (unpaired) electrons. The van der Waals surface area contributed by atoms with E-state index < -0.39 is 18.0 Å². The van der Waals surface area contributed by atoms with Crippen molar-refractivity contribution in [1.82, 2.24) is 10.2 Å². The monoisotopic (exact) mass is 260 g/mol. The quantitative estimate of drug-likeness (QED) is 0.720. The van der Waals surface area contributed by atoms with Gasteiger partial charge in [-0.05, 0) is 12.8 Å². The van der Waals surface area contributed by atoms with Crippen LogP contribution >= 0.6 is 0 Å². The molecule has 0 saturated heterocycles. The summed E-state index contributed by atoms with van der Waals surface area (Å²) >= 11 is 0. The van der Waals surface area contributed by atoms with E-state index in [1.54, 1.807) is 21.1 Å². The topological polar surface area (TPSA) is 78.9 Å². The Morgan fingerprint density at radius 1 is 1.39 bits per heavy atom. The Hall–Kier alpha value is -1.30. The standard InChI is InChI=1S/C12H24N2O4/c1-6-8(2)10(11(15)16)13-12(17)14(4)9(3)7-18-5/h8-10H,6-7H2,1-5H3,(H,13,17)(H,15,16)/t8?,9?,10-/m0/s1. The number of amides is 2. The van der Waals surface area contributed by atoms with E-state index >= 15 is 0 Å². The summed E-state index contributed by atoms with van der Waals surface area (Å²) in [6.45, 7) is 5.94. The Kier molecular flexibility index (Phi) is 7.35. The third-order valence-corrected chi connectivity index (χ3v) is 3.15. The number of urea groups is 1. The SMILES string of the molecule is CCC(C)[C@H](NC(=O)N(C)C(C)COC)C(=O)O. The van der Waals surface area contributed by atoms with Crippen LogP contribution in [0.3, 0.4) is 0 Å². The number of carboxylic acid groups (broad SMARTS) is 1. The van der Waals surface area contributed by atoms with Crippen molar-refractivity contribution in [3.05, 3.63) is 0 Å². The van der Waals surface area contributed by atoms with E-state index in [0.29, 0.717) is 13.0 Å². The molecule has 0 bridgehead atoms. The van der Waals surface area contributed by atoms with Crippen molar-refractivity contribution in [2.45, 2.75) is 39.3 Å². The third kappa shape index (κ3) is 4.91. The van der Waals surface area contributed by atoms with Crippen molar-refractivity contribution in [1.29, 1.82) is 0 Å². The highest BCUT2D eigenvalue weighted by molar-refractivity contribution is 5.82. The first-order valence-corrected chi connectivity index (χ1v) is 6.10. The maximum absolute atomic E-state index is 11.9. The van der Waals surface area contributed by atoms with Gasteiger partial charge >= 0.3 is 12.0 Å². The Balaban J connectivity index is 4.55. The van der Waals surface area contributed by atoms with Crippen molar-refractivity contribution >= 4 is 12.0 Å². The molecule has 0 saturated carbocycles. The van der Waals surface area contributed by atoms with Gasteiger partial charge in [0.2, 0.25) is 0 Å². The van der Waals surface area contributed by atoms with Gasteiger partial charge in [0.05, 0.1) is 12.6 Å². The number of nitrogens with one attached hydrogen (secondary N) is 1. The van der Waals surface area contributed by atoms with Crippen molar-refractivity contribution in [3.63, 3.8) is 0 Å². The summed E-state index contributed by atoms with van der Waals surface area (Å²) in [4.78, 5) is 24.4. The van der Waals surface area contributed by atoms with Gasteiger partial charge in [-0.25, -0.2) is 9.59 Å². The molecule has 0 aliphatic carbocycles. The van der Waals surface area contributed by atoms with Gasteiger partial charge in [0.25, 0.3) is 0 Å². The molecule has 2 unspecified atom stereocenters. The Morgan fingerprint density at radius 2 is 1.94 bits per heavy atom. The maximum atomic E-state index is 11.9. The molecular weight excluding hydrogens is 236 g/mol. The van der Waals surface area contributed by atoms with Gasteiger partial charge in [-0.15, -0.1) is 0 Å². The summed E-state index contributed by atoms with van der Waals surface area (Å²) < 4.78 is 4.96. The van der Waals surface area contributed by atoms with E-state index in [1.807, 2.05) is 13.8 Å². The third-order valence-electron chi connectivity index (χ3n) is 3.15. The van der Waals surface area contributed by atoms with Crippen LogP contribution in [0.1, 0.15) is 27.2 Å². The molecule has 0 heterocycles. The Morgan fingerprint density at radius 3 is 2.33 bits per heavy atom. The van der Waals surface area contributed by atoms with Crippen LogP contribution in [0.4, 0.5) is 4.79 Å². The molecule has 0 aliphatic heterocycles. The summed E-state index contributed by atoms with van der Waals surface area (Å²) in [6.07, 6.45) is 0.689. The molecular formula is C12H24N2O4. The lowest BCUT2D eigenvalue weighted by atomic mass is 9.99. The molecule has 0 fully saturated rings. The predicted octanol–water partition coefficient (Wildman–Crippen LogP) is 1.16. The zero-order chi connectivity index (χ0) is 14.3. The highest BCUT2D eigenvalue weighted by Crippen LogP contribution is 2.09. The van der Waals surface area contributed by atoms with E-state index in [1.165, 1.54) is 4.90 Å². The molecule has 0 rings (SSSR count). The minimum atomic E-state index is -1.01. The largest absolute Gasteiger partial charge is 0.480 e. The average molecular weight is 260 g/mol. The number of rotatable bonds is 7. The van der Waals surface area contributed by atoms with Crippen LogP contribution in [0.2, 0.25) is 0 Å². The number of ether oxygens (including phenoxy) is 1. The van der Waals surface area contributed by atoms with Crippen molar-refractivity contribution in [3.8, 4) is 0 Å². The van der Waals surface area contributed by atoms with Crippen LogP contribution < -0.4 is 5.32 Å². The number of carbonyl (C=O) groups excluding carboxylic acids is 1. The van der Waals surface area contributed by atoms with Crippen LogP contribution in [-0.2, 0) is 9.53 Å². The lowest BCUT2D eigenvalue weighted by Gasteiger charge is -2.28. The zero-order valence-corrected chi connectivity index (χ0v) is 11.8. The highest BCUT2D eigenvalue weighted by Gasteiger charge is 2.27. The van der Waals surface area contributed by atoms with Gasteiger partial charge in [0.1, 0.15) is 6.04 Å². The second-order valence-corrected chi connectivity index (χ2v) is 4.57. The van der Waals surface area contributed by atoms with Gasteiger partial charge in [-0.2, -0.15) is 0 Å². The summed E-state index contributed by atoms with van der Waals surface area (Å²) in [7, 11) is 3.18. The second-order valence-electron chi connectivity index (χ2n) is 4.57. The molecule has 6 nitrogen and oxygen atoms in total. The zero-order valence-electron chi connectivity index (χ0n) is 11.8. The number of nitrogens with zero attached hydrogens (tertiary/aromatic N) is 1. The van der Waals surface area contributed by atoms with Crippen LogP contribution in [0, 0.1) is 5.92 Å². The molecule has 0 aromatic rings. The molecule has 0 aliphatic rings. The van der Waals surface area contributed by atoms with Gasteiger partial charge in [0, 0.05) is 14.2 Å². The molecule has 2 N–H and O–H groups in total. The minimum absolute atomic E-state index is 0.110. The normalized spacial score (nSPS) is 15.6. The fraction of sp³-hybridized carbons (Fsp3) is 0.833. The summed E-state index contributed by atoms with van der Waals surface area (Å²) in [6, 6.07) is -1.37. The number of hydrogen-bond donors (Lipinski definition) is 2. The Labute approximate surface area is 108 Å². The van der Waals surface area contributed by atoms with Crippen molar-refractivity contribution in [2.24, 2.45) is 5.92 Å². The van der Waals surface area contributed by atoms with E-state index in [9.17, 15) is 9.59 Å². The van der Waals surface area contributed by atoms with Gasteiger partial charge in [-0.3, -0.25) is 0 Å². The number of aliphatic carboxylic acids is 1. The average Bonchev–Trinajstić information content (AvgIpc) is 2.33. The molecule has 0 aromatic heterocycles. The molecule has 0 spiro atoms. The molecule has 18 heavy (non-hydrogen) atoms. The first-order chi connectivity index (χ1) is 8.34. The van der Waals surface area contributed by atoms with E-state index in [2.05, 4.69) is 5.32 Å². The van der Waals surface area contributed by atoms with Crippen LogP contribution in [0.25, 0.3) is 0 Å². The van der Waals surface area contributed by atoms with Gasteiger partial charge in [0.15, 0.2) is 0 Å². The van der Waals surface area contributed by atoms with E-state index in [0.717, 1.165) is 0 Å². The molecule has 2 amide bonds. The van der Waals surface area contributed by atoms with Crippen LogP contribution in [0.15, 0.2) is 0 Å². The highest BCUT2D eigenvalue weighted by atomic mass is 16.5. The van der Waals surface area contributed by atoms with Crippen molar-refractivity contribution in [2.75, 3.05) is 20.8 Å². The number of likely N-dealkylation sites (N-methyl/N-ethyl adjacent to an activating group) is 1. The molecule has 3 atom stereocenters. The second kappa shape index (κ2) is 7.92. The lowest BCUT2D eigenvalue weighted by molar-refractivity contribution is -0.140. The lowest BCUT2D eigenvalue weighted by Crippen LogP contribution is -2.52. The summed E-state index contributed by atoms with van der Waals surface area (Å²) in [5.41, 5.74) is 0.